The van der Waals surface area contributed by atoms with Crippen LogP contribution in [0.5, 0.6) is 0 Å². The lowest BCUT2D eigenvalue weighted by atomic mass is 10.1. The molecule has 1 N–H and O–H groups in total. The van der Waals surface area contributed by atoms with Gasteiger partial charge in [0.05, 0.1) is 32.3 Å². The molecule has 18 heavy (non-hydrogen) atoms. The molecule has 1 atom stereocenters. The van der Waals surface area contributed by atoms with Crippen LogP contribution in [0.25, 0.3) is 0 Å². The van der Waals surface area contributed by atoms with Crippen molar-refractivity contribution in [3.63, 3.8) is 0 Å². The molecule has 1 fully saturated rings. The largest absolute Gasteiger partial charge is 0.394 e. The monoisotopic (exact) mass is 269 g/mol. The summed E-state index contributed by atoms with van der Waals surface area (Å²) in [6.45, 7) is 1.41. The van der Waals surface area contributed by atoms with Crippen molar-refractivity contribution in [1.29, 1.82) is 0 Å². The summed E-state index contributed by atoms with van der Waals surface area (Å²) in [6, 6.07) is 7.00. The van der Waals surface area contributed by atoms with Gasteiger partial charge in [0, 0.05) is 11.6 Å². The molecule has 0 radical (unpaired) electrons. The second-order valence-corrected chi connectivity index (χ2v) is 4.74. The van der Waals surface area contributed by atoms with Crippen molar-refractivity contribution in [2.75, 3.05) is 26.4 Å². The lowest BCUT2D eigenvalue weighted by Crippen LogP contribution is -2.51. The van der Waals surface area contributed by atoms with Gasteiger partial charge in [-0.25, -0.2) is 0 Å². The van der Waals surface area contributed by atoms with Crippen LogP contribution < -0.4 is 0 Å². The molecule has 98 valence electrons. The molecule has 1 saturated heterocycles. The molecular weight excluding hydrogens is 254 g/mol. The van der Waals surface area contributed by atoms with Crippen molar-refractivity contribution >= 4 is 17.5 Å². The van der Waals surface area contributed by atoms with Crippen LogP contribution in [0.2, 0.25) is 5.02 Å². The molecule has 0 aromatic heterocycles. The standard InChI is InChI=1S/C13H16ClNO3/c14-11-3-1-10(2-4-11)7-13(17)15-5-6-18-9-12(15)8-16/h1-4,12,16H,5-9H2. The molecule has 1 aliphatic heterocycles. The van der Waals surface area contributed by atoms with Gasteiger partial charge in [0.25, 0.3) is 0 Å². The minimum absolute atomic E-state index is 0.0136. The van der Waals surface area contributed by atoms with Gasteiger partial charge in [0.15, 0.2) is 0 Å². The van der Waals surface area contributed by atoms with Crippen LogP contribution in [0.4, 0.5) is 0 Å². The second-order valence-electron chi connectivity index (χ2n) is 4.30. The Morgan fingerprint density at radius 2 is 2.17 bits per heavy atom. The predicted molar refractivity (Wildman–Crippen MR) is 68.6 cm³/mol. The summed E-state index contributed by atoms with van der Waals surface area (Å²) < 4.78 is 5.25. The van der Waals surface area contributed by atoms with Gasteiger partial charge in [-0.05, 0) is 17.7 Å². The van der Waals surface area contributed by atoms with Crippen molar-refractivity contribution in [2.24, 2.45) is 0 Å². The van der Waals surface area contributed by atoms with Crippen molar-refractivity contribution < 1.29 is 14.6 Å². The lowest BCUT2D eigenvalue weighted by molar-refractivity contribution is -0.140. The third-order valence-electron chi connectivity index (χ3n) is 3.03. The minimum Gasteiger partial charge on any atom is -0.394 e. The maximum Gasteiger partial charge on any atom is 0.227 e. The van der Waals surface area contributed by atoms with Crippen LogP contribution in [-0.2, 0) is 16.0 Å². The number of morpholine rings is 1. The van der Waals surface area contributed by atoms with Crippen molar-refractivity contribution in [3.8, 4) is 0 Å². The average molecular weight is 270 g/mol. The van der Waals surface area contributed by atoms with Crippen molar-refractivity contribution in [2.45, 2.75) is 12.5 Å². The zero-order valence-electron chi connectivity index (χ0n) is 10.0. The molecule has 2 rings (SSSR count). The number of halogens is 1. The molecule has 0 spiro atoms. The third-order valence-corrected chi connectivity index (χ3v) is 3.28. The number of hydrogen-bond acceptors (Lipinski definition) is 3. The topological polar surface area (TPSA) is 49.8 Å². The van der Waals surface area contributed by atoms with Crippen LogP contribution >= 0.6 is 11.6 Å². The normalized spacial score (nSPS) is 19.9. The van der Waals surface area contributed by atoms with Crippen LogP contribution in [-0.4, -0.2) is 48.3 Å². The van der Waals surface area contributed by atoms with E-state index in [1.807, 2.05) is 12.1 Å². The number of nitrogens with zero attached hydrogens (tertiary/aromatic N) is 1. The molecule has 1 unspecified atom stereocenters. The van der Waals surface area contributed by atoms with Crippen LogP contribution in [0.1, 0.15) is 5.56 Å². The maximum absolute atomic E-state index is 12.1. The Labute approximate surface area is 111 Å². The summed E-state index contributed by atoms with van der Waals surface area (Å²) in [5, 5.41) is 9.88. The van der Waals surface area contributed by atoms with E-state index in [1.54, 1.807) is 17.0 Å². The quantitative estimate of drug-likeness (QED) is 0.894. The first kappa shape index (κ1) is 13.3. The molecule has 1 amide bonds. The third kappa shape index (κ3) is 3.22. The zero-order valence-corrected chi connectivity index (χ0v) is 10.8. The predicted octanol–water partition coefficient (Wildman–Crippen LogP) is 1.10. The molecule has 4 nitrogen and oxygen atoms in total. The highest BCUT2D eigenvalue weighted by molar-refractivity contribution is 6.30. The highest BCUT2D eigenvalue weighted by Crippen LogP contribution is 2.13. The van der Waals surface area contributed by atoms with E-state index in [1.165, 1.54) is 0 Å². The van der Waals surface area contributed by atoms with Crippen molar-refractivity contribution in [1.82, 2.24) is 4.90 Å². The Balaban J connectivity index is 2.00. The fourth-order valence-corrected chi connectivity index (χ4v) is 2.14. The van der Waals surface area contributed by atoms with E-state index >= 15 is 0 Å². The SMILES string of the molecule is O=C(Cc1ccc(Cl)cc1)N1CCOCC1CO. The number of aliphatic hydroxyl groups excluding tert-OH is 1. The number of carbonyl (C=O) groups excluding carboxylic acids is 1. The first-order valence-corrected chi connectivity index (χ1v) is 6.31. The Bertz CT molecular complexity index is 407. The molecular formula is C13H16ClNO3. The number of aliphatic hydroxyl groups is 1. The Kier molecular flexibility index (Phi) is 4.58. The van der Waals surface area contributed by atoms with Gasteiger partial charge >= 0.3 is 0 Å². The molecule has 0 bridgehead atoms. The van der Waals surface area contributed by atoms with E-state index in [0.29, 0.717) is 31.2 Å². The summed E-state index contributed by atoms with van der Waals surface area (Å²) >= 11 is 5.80. The van der Waals surface area contributed by atoms with Crippen LogP contribution in [0.3, 0.4) is 0 Å². The van der Waals surface area contributed by atoms with Gasteiger partial charge in [-0.15, -0.1) is 0 Å². The molecule has 0 saturated carbocycles. The van der Waals surface area contributed by atoms with E-state index in [-0.39, 0.29) is 18.6 Å². The van der Waals surface area contributed by atoms with Gasteiger partial charge in [-0.3, -0.25) is 4.79 Å². The number of rotatable bonds is 3. The van der Waals surface area contributed by atoms with Crippen LogP contribution in [0.15, 0.2) is 24.3 Å². The van der Waals surface area contributed by atoms with Gasteiger partial charge in [-0.2, -0.15) is 0 Å². The fourth-order valence-electron chi connectivity index (χ4n) is 2.01. The number of ether oxygens (including phenoxy) is 1. The Morgan fingerprint density at radius 3 is 2.83 bits per heavy atom. The molecule has 1 aromatic carbocycles. The number of amides is 1. The highest BCUT2D eigenvalue weighted by Gasteiger charge is 2.26. The highest BCUT2D eigenvalue weighted by atomic mass is 35.5. The summed E-state index contributed by atoms with van der Waals surface area (Å²) in [6.07, 6.45) is 0.327. The summed E-state index contributed by atoms with van der Waals surface area (Å²) in [5.41, 5.74) is 0.924. The Morgan fingerprint density at radius 1 is 1.44 bits per heavy atom. The second kappa shape index (κ2) is 6.18. The number of hydrogen-bond donors (Lipinski definition) is 1. The van der Waals surface area contributed by atoms with E-state index in [9.17, 15) is 9.90 Å². The summed E-state index contributed by atoms with van der Waals surface area (Å²) in [4.78, 5) is 13.8. The maximum atomic E-state index is 12.1. The fraction of sp³-hybridized carbons (Fsp3) is 0.462. The summed E-state index contributed by atoms with van der Waals surface area (Å²) in [5.74, 6) is 0.0136. The van der Waals surface area contributed by atoms with Crippen LogP contribution in [0, 0.1) is 0 Å². The molecule has 1 aromatic rings. The van der Waals surface area contributed by atoms with E-state index in [4.69, 9.17) is 16.3 Å². The van der Waals surface area contributed by atoms with Gasteiger partial charge in [0.1, 0.15) is 0 Å². The molecule has 1 aliphatic rings. The zero-order chi connectivity index (χ0) is 13.0. The van der Waals surface area contributed by atoms with Gasteiger partial charge < -0.3 is 14.7 Å². The first-order valence-electron chi connectivity index (χ1n) is 5.93. The van der Waals surface area contributed by atoms with E-state index in [2.05, 4.69) is 0 Å². The average Bonchev–Trinajstić information content (AvgIpc) is 2.41. The lowest BCUT2D eigenvalue weighted by Gasteiger charge is -2.34. The summed E-state index contributed by atoms with van der Waals surface area (Å²) in [7, 11) is 0. The van der Waals surface area contributed by atoms with Crippen molar-refractivity contribution in [3.05, 3.63) is 34.9 Å². The van der Waals surface area contributed by atoms with E-state index < -0.39 is 0 Å². The molecule has 0 aliphatic carbocycles. The smallest absolute Gasteiger partial charge is 0.227 e. The number of carbonyl (C=O) groups is 1. The van der Waals surface area contributed by atoms with Gasteiger partial charge in [0.2, 0.25) is 5.91 Å². The molecule has 1 heterocycles. The Hall–Kier alpha value is -1.10. The first-order chi connectivity index (χ1) is 8.70. The number of benzene rings is 1. The molecule has 5 heteroatoms. The van der Waals surface area contributed by atoms with E-state index in [0.717, 1.165) is 5.56 Å². The van der Waals surface area contributed by atoms with Gasteiger partial charge in [-0.1, -0.05) is 23.7 Å². The minimum atomic E-state index is -0.224.